The van der Waals surface area contributed by atoms with Crippen LogP contribution in [-0.4, -0.2) is 46.3 Å². The van der Waals surface area contributed by atoms with E-state index < -0.39 is 0 Å². The van der Waals surface area contributed by atoms with Crippen molar-refractivity contribution in [3.63, 3.8) is 0 Å². The normalized spacial score (nSPS) is 28.5. The Morgan fingerprint density at radius 1 is 1.37 bits per heavy atom. The number of amides is 2. The maximum absolute atomic E-state index is 12.6. The molecule has 4 nitrogen and oxygen atoms in total. The van der Waals surface area contributed by atoms with Crippen LogP contribution in [0.1, 0.15) is 40.0 Å². The molecule has 1 aliphatic carbocycles. The van der Waals surface area contributed by atoms with Crippen LogP contribution in [0.3, 0.4) is 0 Å². The smallest absolute Gasteiger partial charge is 0.246 e. The van der Waals surface area contributed by atoms with E-state index in [1.165, 1.54) is 0 Å². The molecule has 1 N–H and O–H groups in total. The number of nitrogens with one attached hydrogen (secondary N) is 1. The number of rotatable bonds is 5. The molecule has 0 bridgehead atoms. The highest BCUT2D eigenvalue weighted by atomic mass is 32.2. The fraction of sp³-hybridized carbons (Fsp3) is 0.857. The molecule has 19 heavy (non-hydrogen) atoms. The molecule has 0 aromatic carbocycles. The molecule has 1 aliphatic heterocycles. The van der Waals surface area contributed by atoms with E-state index in [2.05, 4.69) is 19.2 Å². The predicted octanol–water partition coefficient (Wildman–Crippen LogP) is 1.64. The summed E-state index contributed by atoms with van der Waals surface area (Å²) in [6.45, 7) is 6.85. The molecule has 2 amide bonds. The van der Waals surface area contributed by atoms with Crippen LogP contribution in [0.5, 0.6) is 0 Å². The minimum atomic E-state index is -0.297. The molecule has 2 atom stereocenters. The lowest BCUT2D eigenvalue weighted by molar-refractivity contribution is -0.150. The molecule has 0 aromatic heterocycles. The summed E-state index contributed by atoms with van der Waals surface area (Å²) in [6, 6.07) is -0.568. The van der Waals surface area contributed by atoms with E-state index in [1.807, 2.05) is 18.1 Å². The van der Waals surface area contributed by atoms with E-state index in [9.17, 15) is 9.59 Å². The highest BCUT2D eigenvalue weighted by Gasteiger charge is 2.47. The van der Waals surface area contributed by atoms with Crippen molar-refractivity contribution in [3.8, 4) is 0 Å². The number of carbonyl (C=O) groups is 2. The Balaban J connectivity index is 2.18. The molecule has 0 radical (unpaired) electrons. The molecule has 0 spiro atoms. The minimum absolute atomic E-state index is 0.0190. The molecular formula is C14H24N2O2S. The monoisotopic (exact) mass is 284 g/mol. The van der Waals surface area contributed by atoms with E-state index in [0.29, 0.717) is 18.9 Å². The van der Waals surface area contributed by atoms with Gasteiger partial charge in [0, 0.05) is 11.3 Å². The standard InChI is InChI=1S/C14H24N2O2S/c1-5-10-12(17)15-11(9-6-7-9)13(18)16(10)8-14(2,3)19-4/h9-11H,5-8H2,1-4H3,(H,15,17). The summed E-state index contributed by atoms with van der Waals surface area (Å²) < 4.78 is -0.0190. The first kappa shape index (κ1) is 14.7. The maximum atomic E-state index is 12.6. The largest absolute Gasteiger partial charge is 0.342 e. The molecular weight excluding hydrogens is 260 g/mol. The van der Waals surface area contributed by atoms with Gasteiger partial charge in [0.1, 0.15) is 12.1 Å². The van der Waals surface area contributed by atoms with Crippen molar-refractivity contribution in [2.45, 2.75) is 56.9 Å². The van der Waals surface area contributed by atoms with Gasteiger partial charge in [-0.3, -0.25) is 9.59 Å². The van der Waals surface area contributed by atoms with Crippen molar-refractivity contribution in [3.05, 3.63) is 0 Å². The van der Waals surface area contributed by atoms with Crippen molar-refractivity contribution >= 4 is 23.6 Å². The zero-order valence-electron chi connectivity index (χ0n) is 12.2. The Morgan fingerprint density at radius 3 is 2.47 bits per heavy atom. The minimum Gasteiger partial charge on any atom is -0.342 e. The van der Waals surface area contributed by atoms with Crippen molar-refractivity contribution < 1.29 is 9.59 Å². The fourth-order valence-corrected chi connectivity index (χ4v) is 2.87. The van der Waals surface area contributed by atoms with Gasteiger partial charge in [-0.05, 0) is 45.3 Å². The van der Waals surface area contributed by atoms with Crippen LogP contribution in [-0.2, 0) is 9.59 Å². The van der Waals surface area contributed by atoms with E-state index in [4.69, 9.17) is 0 Å². The molecule has 1 saturated heterocycles. The Kier molecular flexibility index (Phi) is 4.14. The third-order valence-electron chi connectivity index (χ3n) is 4.11. The van der Waals surface area contributed by atoms with Crippen molar-refractivity contribution in [2.24, 2.45) is 5.92 Å². The third kappa shape index (κ3) is 3.07. The summed E-state index contributed by atoms with van der Waals surface area (Å²) in [5.41, 5.74) is 0. The van der Waals surface area contributed by atoms with Gasteiger partial charge in [-0.25, -0.2) is 0 Å². The average molecular weight is 284 g/mol. The third-order valence-corrected chi connectivity index (χ3v) is 5.34. The topological polar surface area (TPSA) is 49.4 Å². The molecule has 1 saturated carbocycles. The highest BCUT2D eigenvalue weighted by molar-refractivity contribution is 7.99. The van der Waals surface area contributed by atoms with Crippen molar-refractivity contribution in [2.75, 3.05) is 12.8 Å². The molecule has 2 rings (SSSR count). The summed E-state index contributed by atoms with van der Waals surface area (Å²) in [7, 11) is 0. The molecule has 108 valence electrons. The highest BCUT2D eigenvalue weighted by Crippen LogP contribution is 2.36. The molecule has 1 heterocycles. The van der Waals surface area contributed by atoms with Crippen LogP contribution in [0.2, 0.25) is 0 Å². The van der Waals surface area contributed by atoms with Crippen molar-refractivity contribution in [1.29, 1.82) is 0 Å². The molecule has 2 unspecified atom stereocenters. The zero-order valence-corrected chi connectivity index (χ0v) is 13.0. The second-order valence-corrected chi connectivity index (χ2v) is 7.69. The zero-order chi connectivity index (χ0) is 14.2. The molecule has 2 fully saturated rings. The number of nitrogens with zero attached hydrogens (tertiary/aromatic N) is 1. The van der Waals surface area contributed by atoms with Gasteiger partial charge < -0.3 is 10.2 Å². The quantitative estimate of drug-likeness (QED) is 0.835. The van der Waals surface area contributed by atoms with Gasteiger partial charge in [-0.15, -0.1) is 0 Å². The Hall–Kier alpha value is -0.710. The van der Waals surface area contributed by atoms with Gasteiger partial charge in [0.15, 0.2) is 0 Å². The molecule has 0 aromatic rings. The molecule has 5 heteroatoms. The number of piperazine rings is 1. The predicted molar refractivity (Wildman–Crippen MR) is 78.0 cm³/mol. The van der Waals surface area contributed by atoms with Gasteiger partial charge in [0.2, 0.25) is 11.8 Å². The van der Waals surface area contributed by atoms with Gasteiger partial charge >= 0.3 is 0 Å². The number of carbonyl (C=O) groups excluding carboxylic acids is 2. The number of hydrogen-bond acceptors (Lipinski definition) is 3. The molecule has 2 aliphatic rings. The van der Waals surface area contributed by atoms with Crippen LogP contribution in [0.25, 0.3) is 0 Å². The summed E-state index contributed by atoms with van der Waals surface area (Å²) in [4.78, 5) is 26.6. The van der Waals surface area contributed by atoms with Crippen LogP contribution in [0, 0.1) is 5.92 Å². The first-order valence-corrected chi connectivity index (χ1v) is 8.28. The van der Waals surface area contributed by atoms with E-state index in [1.54, 1.807) is 11.8 Å². The SMILES string of the molecule is CCC1C(=O)NC(C2CC2)C(=O)N1CC(C)(C)SC. The second kappa shape index (κ2) is 5.35. The van der Waals surface area contributed by atoms with Gasteiger partial charge in [0.05, 0.1) is 0 Å². The summed E-state index contributed by atoms with van der Waals surface area (Å²) in [5, 5.41) is 2.93. The van der Waals surface area contributed by atoms with Crippen LogP contribution in [0.4, 0.5) is 0 Å². The first-order valence-electron chi connectivity index (χ1n) is 7.05. The van der Waals surface area contributed by atoms with Crippen LogP contribution < -0.4 is 5.32 Å². The van der Waals surface area contributed by atoms with Crippen molar-refractivity contribution in [1.82, 2.24) is 10.2 Å². The fourth-order valence-electron chi connectivity index (χ4n) is 2.60. The lowest BCUT2D eigenvalue weighted by Crippen LogP contribution is -2.65. The van der Waals surface area contributed by atoms with Crippen LogP contribution >= 0.6 is 11.8 Å². The lowest BCUT2D eigenvalue weighted by atomic mass is 10.00. The summed E-state index contributed by atoms with van der Waals surface area (Å²) in [5.74, 6) is 0.515. The van der Waals surface area contributed by atoms with E-state index in [-0.39, 0.29) is 28.6 Å². The Bertz CT molecular complexity index is 380. The van der Waals surface area contributed by atoms with Gasteiger partial charge in [0.25, 0.3) is 0 Å². The van der Waals surface area contributed by atoms with Gasteiger partial charge in [-0.2, -0.15) is 11.8 Å². The van der Waals surface area contributed by atoms with E-state index >= 15 is 0 Å². The Morgan fingerprint density at radius 2 is 2.00 bits per heavy atom. The van der Waals surface area contributed by atoms with Gasteiger partial charge in [-0.1, -0.05) is 6.92 Å². The lowest BCUT2D eigenvalue weighted by Gasteiger charge is -2.42. The Labute approximate surface area is 119 Å². The number of thioether (sulfide) groups is 1. The van der Waals surface area contributed by atoms with E-state index in [0.717, 1.165) is 12.8 Å². The summed E-state index contributed by atoms with van der Waals surface area (Å²) in [6.07, 6.45) is 4.85. The first-order chi connectivity index (χ1) is 8.89. The average Bonchev–Trinajstić information content (AvgIpc) is 3.17. The second-order valence-electron chi connectivity index (χ2n) is 6.18. The van der Waals surface area contributed by atoms with Crippen LogP contribution in [0.15, 0.2) is 0 Å². The summed E-state index contributed by atoms with van der Waals surface area (Å²) >= 11 is 1.74. The number of hydrogen-bond donors (Lipinski definition) is 1. The maximum Gasteiger partial charge on any atom is 0.246 e.